The van der Waals surface area contributed by atoms with Crippen LogP contribution in [0.1, 0.15) is 17.0 Å². The molecular formula is C12H15N3OS. The summed E-state index contributed by atoms with van der Waals surface area (Å²) in [5.41, 5.74) is 8.95. The maximum absolute atomic E-state index is 5.46. The molecule has 0 aliphatic carbocycles. The fourth-order valence-corrected chi connectivity index (χ4v) is 2.25. The molecule has 1 aromatic heterocycles. The van der Waals surface area contributed by atoms with Crippen molar-refractivity contribution in [2.45, 2.75) is 25.3 Å². The Morgan fingerprint density at radius 2 is 2.00 bits per heavy atom. The van der Waals surface area contributed by atoms with E-state index in [-0.39, 0.29) is 6.54 Å². The predicted octanol–water partition coefficient (Wildman–Crippen LogP) is 2.53. The lowest BCUT2D eigenvalue weighted by atomic mass is 10.1. The molecular weight excluding hydrogens is 234 g/mol. The highest BCUT2D eigenvalue weighted by Gasteiger charge is 2.13. The molecule has 4 nitrogen and oxygen atoms in total. The van der Waals surface area contributed by atoms with Gasteiger partial charge >= 0.3 is 0 Å². The minimum atomic E-state index is 0.270. The van der Waals surface area contributed by atoms with Crippen LogP contribution in [0.15, 0.2) is 21.6 Å². The molecule has 0 radical (unpaired) electrons. The first-order valence-corrected chi connectivity index (χ1v) is 6.56. The molecule has 1 aromatic carbocycles. The molecule has 0 bridgehead atoms. The van der Waals surface area contributed by atoms with E-state index in [0.29, 0.717) is 11.7 Å². The van der Waals surface area contributed by atoms with Crippen LogP contribution in [0.2, 0.25) is 0 Å². The Morgan fingerprint density at radius 3 is 2.59 bits per heavy atom. The number of aromatic nitrogens is 2. The molecule has 0 fully saturated rings. The molecule has 0 spiro atoms. The summed E-state index contributed by atoms with van der Waals surface area (Å²) < 4.78 is 5.04. The average Bonchev–Trinajstić information content (AvgIpc) is 2.80. The Bertz CT molecular complexity index is 537. The van der Waals surface area contributed by atoms with Gasteiger partial charge in [-0.1, -0.05) is 5.16 Å². The van der Waals surface area contributed by atoms with Crippen molar-refractivity contribution in [3.8, 4) is 11.4 Å². The zero-order valence-electron chi connectivity index (χ0n) is 10.2. The van der Waals surface area contributed by atoms with Crippen LogP contribution in [0.5, 0.6) is 0 Å². The minimum Gasteiger partial charge on any atom is -0.338 e. The summed E-state index contributed by atoms with van der Waals surface area (Å²) in [6.45, 7) is 4.44. The van der Waals surface area contributed by atoms with Crippen molar-refractivity contribution in [1.82, 2.24) is 10.1 Å². The Labute approximate surface area is 105 Å². The summed E-state index contributed by atoms with van der Waals surface area (Å²) in [7, 11) is 0. The Morgan fingerprint density at radius 1 is 1.29 bits per heavy atom. The van der Waals surface area contributed by atoms with Gasteiger partial charge in [0.2, 0.25) is 11.7 Å². The summed E-state index contributed by atoms with van der Waals surface area (Å²) >= 11 is 1.68. The van der Waals surface area contributed by atoms with Gasteiger partial charge in [0.15, 0.2) is 0 Å². The largest absolute Gasteiger partial charge is 0.338 e. The summed E-state index contributed by atoms with van der Waals surface area (Å²) in [5.74, 6) is 1.07. The van der Waals surface area contributed by atoms with Gasteiger partial charge in [0.05, 0.1) is 6.54 Å². The van der Waals surface area contributed by atoms with E-state index in [2.05, 4.69) is 36.1 Å². The molecule has 0 aliphatic heterocycles. The maximum Gasteiger partial charge on any atom is 0.240 e. The number of nitrogens with zero attached hydrogens (tertiary/aromatic N) is 2. The summed E-state index contributed by atoms with van der Waals surface area (Å²) in [4.78, 5) is 5.41. The molecule has 90 valence electrons. The van der Waals surface area contributed by atoms with Crippen LogP contribution < -0.4 is 5.73 Å². The molecule has 0 amide bonds. The summed E-state index contributed by atoms with van der Waals surface area (Å²) in [6.07, 6.45) is 2.04. The van der Waals surface area contributed by atoms with Gasteiger partial charge in [0.25, 0.3) is 0 Å². The van der Waals surface area contributed by atoms with Crippen molar-refractivity contribution in [3.63, 3.8) is 0 Å². The van der Waals surface area contributed by atoms with E-state index in [1.165, 1.54) is 11.1 Å². The van der Waals surface area contributed by atoms with E-state index in [1.54, 1.807) is 11.8 Å². The van der Waals surface area contributed by atoms with Crippen LogP contribution in [0.25, 0.3) is 11.4 Å². The first kappa shape index (κ1) is 12.1. The van der Waals surface area contributed by atoms with Crippen molar-refractivity contribution in [2.24, 2.45) is 5.73 Å². The Balaban J connectivity index is 2.53. The second-order valence-electron chi connectivity index (χ2n) is 3.85. The fourth-order valence-electron chi connectivity index (χ4n) is 1.58. The third-order valence-electron chi connectivity index (χ3n) is 2.70. The summed E-state index contributed by atoms with van der Waals surface area (Å²) in [5, 5.41) is 3.96. The zero-order valence-corrected chi connectivity index (χ0v) is 11.0. The number of rotatable bonds is 3. The smallest absolute Gasteiger partial charge is 0.240 e. The van der Waals surface area contributed by atoms with Crippen molar-refractivity contribution in [2.75, 3.05) is 6.26 Å². The Hall–Kier alpha value is -1.33. The minimum absolute atomic E-state index is 0.270. The first-order chi connectivity index (χ1) is 8.15. The van der Waals surface area contributed by atoms with E-state index in [4.69, 9.17) is 10.3 Å². The topological polar surface area (TPSA) is 64.9 Å². The second kappa shape index (κ2) is 4.89. The molecule has 0 saturated heterocycles. The molecule has 2 rings (SSSR count). The number of thioether (sulfide) groups is 1. The van der Waals surface area contributed by atoms with Crippen LogP contribution in [-0.4, -0.2) is 16.4 Å². The molecule has 2 N–H and O–H groups in total. The molecule has 2 aromatic rings. The van der Waals surface area contributed by atoms with Crippen LogP contribution in [0, 0.1) is 13.8 Å². The lowest BCUT2D eigenvalue weighted by Gasteiger charge is -2.07. The van der Waals surface area contributed by atoms with Crippen molar-refractivity contribution in [1.29, 1.82) is 0 Å². The van der Waals surface area contributed by atoms with Gasteiger partial charge in [-0.05, 0) is 43.4 Å². The van der Waals surface area contributed by atoms with Gasteiger partial charge in [0, 0.05) is 10.5 Å². The van der Waals surface area contributed by atoms with E-state index in [1.807, 2.05) is 6.26 Å². The predicted molar refractivity (Wildman–Crippen MR) is 68.9 cm³/mol. The standard InChI is InChI=1S/C12H15N3OS/c1-7-4-9(10(17-3)5-8(7)2)12-14-11(6-13)16-15-12/h4-5H,6,13H2,1-3H3. The Kier molecular flexibility index (Phi) is 3.49. The quantitative estimate of drug-likeness (QED) is 0.847. The molecule has 1 heterocycles. The molecule has 0 unspecified atom stereocenters. The van der Waals surface area contributed by atoms with E-state index >= 15 is 0 Å². The van der Waals surface area contributed by atoms with Crippen molar-refractivity contribution >= 4 is 11.8 Å². The normalized spacial score (nSPS) is 10.8. The van der Waals surface area contributed by atoms with Gasteiger partial charge in [-0.15, -0.1) is 11.8 Å². The molecule has 5 heteroatoms. The average molecular weight is 249 g/mol. The lowest BCUT2D eigenvalue weighted by molar-refractivity contribution is 0.380. The number of hydrogen-bond acceptors (Lipinski definition) is 5. The molecule has 0 atom stereocenters. The van der Waals surface area contributed by atoms with Crippen LogP contribution in [-0.2, 0) is 6.54 Å². The van der Waals surface area contributed by atoms with Gasteiger partial charge in [0.1, 0.15) is 0 Å². The zero-order chi connectivity index (χ0) is 12.4. The molecule has 0 aliphatic rings. The number of aryl methyl sites for hydroxylation is 2. The highest BCUT2D eigenvalue weighted by molar-refractivity contribution is 7.98. The lowest BCUT2D eigenvalue weighted by Crippen LogP contribution is -1.96. The van der Waals surface area contributed by atoms with E-state index in [9.17, 15) is 0 Å². The van der Waals surface area contributed by atoms with E-state index < -0.39 is 0 Å². The second-order valence-corrected chi connectivity index (χ2v) is 4.70. The van der Waals surface area contributed by atoms with Gasteiger partial charge in [-0.25, -0.2) is 0 Å². The van der Waals surface area contributed by atoms with Gasteiger partial charge in [-0.3, -0.25) is 0 Å². The molecule has 0 saturated carbocycles. The third-order valence-corrected chi connectivity index (χ3v) is 3.48. The van der Waals surface area contributed by atoms with Gasteiger partial charge < -0.3 is 10.3 Å². The summed E-state index contributed by atoms with van der Waals surface area (Å²) in [6, 6.07) is 4.24. The fraction of sp³-hybridized carbons (Fsp3) is 0.333. The SMILES string of the molecule is CSc1cc(C)c(C)cc1-c1noc(CN)n1. The third kappa shape index (κ3) is 2.35. The van der Waals surface area contributed by atoms with Crippen molar-refractivity contribution in [3.05, 3.63) is 29.2 Å². The monoisotopic (exact) mass is 249 g/mol. The van der Waals surface area contributed by atoms with E-state index in [0.717, 1.165) is 10.5 Å². The van der Waals surface area contributed by atoms with Crippen LogP contribution in [0.4, 0.5) is 0 Å². The maximum atomic E-state index is 5.46. The number of benzene rings is 1. The molecule has 17 heavy (non-hydrogen) atoms. The van der Waals surface area contributed by atoms with Crippen LogP contribution >= 0.6 is 11.8 Å². The number of nitrogens with two attached hydrogens (primary N) is 1. The van der Waals surface area contributed by atoms with Crippen molar-refractivity contribution < 1.29 is 4.52 Å². The highest BCUT2D eigenvalue weighted by Crippen LogP contribution is 2.30. The number of hydrogen-bond donors (Lipinski definition) is 1. The highest BCUT2D eigenvalue weighted by atomic mass is 32.2. The first-order valence-electron chi connectivity index (χ1n) is 5.34. The van der Waals surface area contributed by atoms with Crippen LogP contribution in [0.3, 0.4) is 0 Å². The van der Waals surface area contributed by atoms with Gasteiger partial charge in [-0.2, -0.15) is 4.98 Å².